The van der Waals surface area contributed by atoms with Crippen molar-refractivity contribution in [3.05, 3.63) is 35.9 Å². The van der Waals surface area contributed by atoms with Gasteiger partial charge < -0.3 is 5.32 Å². The number of nitrogens with zero attached hydrogens (tertiary/aromatic N) is 2. The molecule has 0 bridgehead atoms. The van der Waals surface area contributed by atoms with Crippen molar-refractivity contribution in [1.82, 2.24) is 10.2 Å². The Hall–Kier alpha value is -1.86. The molecule has 0 saturated heterocycles. The van der Waals surface area contributed by atoms with Crippen LogP contribution in [0.2, 0.25) is 0 Å². The first-order valence-corrected chi connectivity index (χ1v) is 6.51. The molecule has 19 heavy (non-hydrogen) atoms. The summed E-state index contributed by atoms with van der Waals surface area (Å²) in [6.07, 6.45) is 1.71. The third-order valence-electron chi connectivity index (χ3n) is 3.04. The van der Waals surface area contributed by atoms with E-state index in [9.17, 15) is 10.1 Å². The van der Waals surface area contributed by atoms with Gasteiger partial charge in [0.2, 0.25) is 5.91 Å². The summed E-state index contributed by atoms with van der Waals surface area (Å²) in [7, 11) is 3.76. The van der Waals surface area contributed by atoms with Crippen LogP contribution in [0, 0.1) is 11.3 Å². The molecule has 0 saturated carbocycles. The molecule has 0 aliphatic carbocycles. The van der Waals surface area contributed by atoms with Crippen molar-refractivity contribution in [2.75, 3.05) is 14.1 Å². The fourth-order valence-corrected chi connectivity index (χ4v) is 1.97. The Morgan fingerprint density at radius 1 is 1.37 bits per heavy atom. The minimum atomic E-state index is -0.590. The summed E-state index contributed by atoms with van der Waals surface area (Å²) in [6.45, 7) is 2.04. The average molecular weight is 259 g/mol. The van der Waals surface area contributed by atoms with Gasteiger partial charge in [0, 0.05) is 0 Å². The summed E-state index contributed by atoms with van der Waals surface area (Å²) < 4.78 is 0. The summed E-state index contributed by atoms with van der Waals surface area (Å²) in [5.41, 5.74) is 0.812. The first-order chi connectivity index (χ1) is 9.10. The summed E-state index contributed by atoms with van der Waals surface area (Å²) >= 11 is 0. The molecule has 0 heterocycles. The molecule has 1 aromatic carbocycles. The van der Waals surface area contributed by atoms with Crippen LogP contribution < -0.4 is 5.32 Å². The maximum absolute atomic E-state index is 12.2. The highest BCUT2D eigenvalue weighted by Crippen LogP contribution is 2.13. The lowest BCUT2D eigenvalue weighted by atomic mass is 10.1. The molecule has 2 atom stereocenters. The zero-order chi connectivity index (χ0) is 14.3. The Morgan fingerprint density at radius 3 is 2.47 bits per heavy atom. The monoisotopic (exact) mass is 259 g/mol. The molecule has 0 spiro atoms. The molecule has 0 radical (unpaired) electrons. The number of amides is 1. The fraction of sp³-hybridized carbons (Fsp3) is 0.467. The van der Waals surface area contributed by atoms with Crippen molar-refractivity contribution in [2.24, 2.45) is 0 Å². The van der Waals surface area contributed by atoms with E-state index in [4.69, 9.17) is 0 Å². The van der Waals surface area contributed by atoms with Crippen LogP contribution in [0.15, 0.2) is 30.3 Å². The van der Waals surface area contributed by atoms with Crippen LogP contribution in [-0.4, -0.2) is 30.9 Å². The van der Waals surface area contributed by atoms with E-state index in [1.54, 1.807) is 0 Å². The number of hydrogen-bond acceptors (Lipinski definition) is 3. The van der Waals surface area contributed by atoms with E-state index < -0.39 is 6.04 Å². The highest BCUT2D eigenvalue weighted by Gasteiger charge is 2.22. The van der Waals surface area contributed by atoms with Crippen molar-refractivity contribution in [1.29, 1.82) is 5.26 Å². The number of carbonyl (C=O) groups excluding carboxylic acids is 1. The van der Waals surface area contributed by atoms with Gasteiger partial charge in [-0.15, -0.1) is 0 Å². The number of benzene rings is 1. The van der Waals surface area contributed by atoms with Crippen LogP contribution in [0.1, 0.15) is 31.4 Å². The smallest absolute Gasteiger partial charge is 0.238 e. The maximum atomic E-state index is 12.2. The van der Waals surface area contributed by atoms with Gasteiger partial charge in [-0.1, -0.05) is 43.7 Å². The Morgan fingerprint density at radius 2 is 2.00 bits per heavy atom. The molecular formula is C15H21N3O. The SMILES string of the molecule is CCCC(C(=O)NC(C#N)c1ccccc1)N(C)C. The van der Waals surface area contributed by atoms with Crippen molar-refractivity contribution in [3.8, 4) is 6.07 Å². The zero-order valence-electron chi connectivity index (χ0n) is 11.8. The molecule has 0 aromatic heterocycles. The molecule has 1 rings (SSSR count). The number of hydrogen-bond donors (Lipinski definition) is 1. The minimum absolute atomic E-state index is 0.0951. The van der Waals surface area contributed by atoms with Crippen molar-refractivity contribution >= 4 is 5.91 Å². The third kappa shape index (κ3) is 4.38. The minimum Gasteiger partial charge on any atom is -0.335 e. The van der Waals surface area contributed by atoms with Crippen LogP contribution >= 0.6 is 0 Å². The quantitative estimate of drug-likeness (QED) is 0.851. The molecule has 4 heteroatoms. The van der Waals surface area contributed by atoms with E-state index >= 15 is 0 Å². The van der Waals surface area contributed by atoms with Crippen molar-refractivity contribution in [3.63, 3.8) is 0 Å². The van der Waals surface area contributed by atoms with E-state index in [2.05, 4.69) is 11.4 Å². The molecule has 1 amide bonds. The van der Waals surface area contributed by atoms with E-state index in [1.807, 2.05) is 56.3 Å². The lowest BCUT2D eigenvalue weighted by molar-refractivity contribution is -0.126. The second-order valence-electron chi connectivity index (χ2n) is 4.75. The Kier molecular flexibility index (Phi) is 6.04. The number of likely N-dealkylation sites (N-methyl/N-ethyl adjacent to an activating group) is 1. The Balaban J connectivity index is 2.76. The predicted octanol–water partition coefficient (Wildman–Crippen LogP) is 2.10. The Labute approximate surface area is 115 Å². The molecule has 102 valence electrons. The van der Waals surface area contributed by atoms with Crippen LogP contribution in [0.25, 0.3) is 0 Å². The van der Waals surface area contributed by atoms with Crippen LogP contribution in [0.4, 0.5) is 0 Å². The van der Waals surface area contributed by atoms with Gasteiger partial charge in [-0.3, -0.25) is 9.69 Å². The molecular weight excluding hydrogens is 238 g/mol. The highest BCUT2D eigenvalue weighted by atomic mass is 16.2. The molecule has 0 aliphatic heterocycles. The van der Waals surface area contributed by atoms with E-state index in [-0.39, 0.29) is 11.9 Å². The fourth-order valence-electron chi connectivity index (χ4n) is 1.97. The summed E-state index contributed by atoms with van der Waals surface area (Å²) in [5, 5.41) is 12.0. The van der Waals surface area contributed by atoms with Crippen LogP contribution in [0.3, 0.4) is 0 Å². The predicted molar refractivity (Wildman–Crippen MR) is 75.3 cm³/mol. The van der Waals surface area contributed by atoms with Crippen LogP contribution in [-0.2, 0) is 4.79 Å². The largest absolute Gasteiger partial charge is 0.335 e. The second-order valence-corrected chi connectivity index (χ2v) is 4.75. The Bertz CT molecular complexity index is 436. The summed E-state index contributed by atoms with van der Waals surface area (Å²) in [6, 6.07) is 10.7. The topological polar surface area (TPSA) is 56.1 Å². The van der Waals surface area contributed by atoms with Gasteiger partial charge in [-0.25, -0.2) is 0 Å². The second kappa shape index (κ2) is 7.55. The van der Waals surface area contributed by atoms with E-state index in [1.165, 1.54) is 0 Å². The average Bonchev–Trinajstić information content (AvgIpc) is 2.42. The molecule has 4 nitrogen and oxygen atoms in total. The van der Waals surface area contributed by atoms with E-state index in [0.29, 0.717) is 0 Å². The van der Waals surface area contributed by atoms with Gasteiger partial charge in [-0.2, -0.15) is 5.26 Å². The number of rotatable bonds is 6. The third-order valence-corrected chi connectivity index (χ3v) is 3.04. The van der Waals surface area contributed by atoms with Gasteiger partial charge in [0.15, 0.2) is 0 Å². The molecule has 2 unspecified atom stereocenters. The molecule has 1 N–H and O–H groups in total. The van der Waals surface area contributed by atoms with Gasteiger partial charge in [0.25, 0.3) is 0 Å². The summed E-state index contributed by atoms with van der Waals surface area (Å²) in [5.74, 6) is -0.0951. The first kappa shape index (κ1) is 15.2. The number of nitrogens with one attached hydrogen (secondary N) is 1. The van der Waals surface area contributed by atoms with Gasteiger partial charge in [0.05, 0.1) is 12.1 Å². The number of carbonyl (C=O) groups is 1. The maximum Gasteiger partial charge on any atom is 0.238 e. The van der Waals surface area contributed by atoms with Crippen molar-refractivity contribution in [2.45, 2.75) is 31.8 Å². The van der Waals surface area contributed by atoms with Crippen molar-refractivity contribution < 1.29 is 4.79 Å². The normalized spacial score (nSPS) is 13.6. The molecule has 1 aromatic rings. The highest BCUT2D eigenvalue weighted by molar-refractivity contribution is 5.82. The zero-order valence-corrected chi connectivity index (χ0v) is 11.8. The van der Waals surface area contributed by atoms with Gasteiger partial charge in [-0.05, 0) is 26.1 Å². The number of nitriles is 1. The molecule has 0 aliphatic rings. The summed E-state index contributed by atoms with van der Waals surface area (Å²) in [4.78, 5) is 14.1. The lowest BCUT2D eigenvalue weighted by Crippen LogP contribution is -2.44. The van der Waals surface area contributed by atoms with Crippen LogP contribution in [0.5, 0.6) is 0 Å². The van der Waals surface area contributed by atoms with Gasteiger partial charge >= 0.3 is 0 Å². The molecule has 0 fully saturated rings. The lowest BCUT2D eigenvalue weighted by Gasteiger charge is -2.24. The van der Waals surface area contributed by atoms with Gasteiger partial charge in [0.1, 0.15) is 6.04 Å². The first-order valence-electron chi connectivity index (χ1n) is 6.51. The van der Waals surface area contributed by atoms with E-state index in [0.717, 1.165) is 18.4 Å². The standard InChI is InChI=1S/C15H21N3O/c1-4-8-14(18(2)3)15(19)17-13(11-16)12-9-6-5-7-10-12/h5-7,9-10,13-14H,4,8H2,1-3H3,(H,17,19).